The van der Waals surface area contributed by atoms with Crippen molar-refractivity contribution in [2.24, 2.45) is 5.92 Å². The van der Waals surface area contributed by atoms with E-state index in [4.69, 9.17) is 14.2 Å². The summed E-state index contributed by atoms with van der Waals surface area (Å²) >= 11 is 0. The van der Waals surface area contributed by atoms with Gasteiger partial charge in [-0.25, -0.2) is 0 Å². The lowest BCUT2D eigenvalue weighted by molar-refractivity contribution is -0.959. The van der Waals surface area contributed by atoms with E-state index < -0.39 is 5.60 Å². The molecule has 2 bridgehead atoms. The van der Waals surface area contributed by atoms with Crippen LogP contribution in [0.1, 0.15) is 46.8 Å². The first-order valence-electron chi connectivity index (χ1n) is 13.2. The van der Waals surface area contributed by atoms with Crippen LogP contribution in [0.3, 0.4) is 0 Å². The second-order valence-electron chi connectivity index (χ2n) is 10.8. The number of benzene rings is 3. The first kappa shape index (κ1) is 26.4. The van der Waals surface area contributed by atoms with Gasteiger partial charge >= 0.3 is 0 Å². The van der Waals surface area contributed by atoms with E-state index >= 15 is 0 Å². The van der Waals surface area contributed by atoms with Gasteiger partial charge in [0, 0.05) is 18.8 Å². The molecule has 3 saturated heterocycles. The molecule has 0 aliphatic carbocycles. The number of fused-ring (bicyclic) bond motifs is 3. The summed E-state index contributed by atoms with van der Waals surface area (Å²) in [6, 6.07) is 25.5. The fraction of sp³-hybridized carbons (Fsp3) is 0.355. The zero-order valence-corrected chi connectivity index (χ0v) is 22.6. The normalized spacial score (nSPS) is 22.6. The van der Waals surface area contributed by atoms with Gasteiger partial charge in [-0.05, 0) is 48.2 Å². The van der Waals surface area contributed by atoms with Gasteiger partial charge in [0.15, 0.2) is 18.2 Å². The number of piperidine rings is 3. The van der Waals surface area contributed by atoms with Crippen molar-refractivity contribution in [2.45, 2.75) is 44.9 Å². The van der Waals surface area contributed by atoms with Crippen molar-refractivity contribution in [2.75, 3.05) is 19.6 Å². The molecule has 1 atom stereocenters. The summed E-state index contributed by atoms with van der Waals surface area (Å²) in [7, 11) is 0. The van der Waals surface area contributed by atoms with E-state index in [9.17, 15) is 5.11 Å². The van der Waals surface area contributed by atoms with Crippen LogP contribution in [0.15, 0.2) is 83.4 Å². The van der Waals surface area contributed by atoms with Gasteiger partial charge in [0.1, 0.15) is 12.3 Å². The minimum Gasteiger partial charge on any atom is -1.00 e. The monoisotopic (exact) mass is 531 g/mol. The third-order valence-electron chi connectivity index (χ3n) is 8.45. The molecule has 6 nitrogen and oxygen atoms in total. The molecule has 3 aliphatic rings. The number of quaternary nitrogens is 1. The van der Waals surface area contributed by atoms with Crippen molar-refractivity contribution >= 4 is 0 Å². The van der Waals surface area contributed by atoms with E-state index in [2.05, 4.69) is 37.2 Å². The second-order valence-corrected chi connectivity index (χ2v) is 10.8. The molecule has 7 rings (SSSR count). The van der Waals surface area contributed by atoms with Crippen molar-refractivity contribution in [1.82, 2.24) is 10.1 Å². The van der Waals surface area contributed by atoms with Crippen LogP contribution in [-0.4, -0.2) is 45.5 Å². The number of aryl methyl sites for hydroxylation is 2. The fourth-order valence-corrected chi connectivity index (χ4v) is 6.08. The summed E-state index contributed by atoms with van der Waals surface area (Å²) < 4.78 is 13.2. The van der Waals surface area contributed by atoms with Crippen molar-refractivity contribution < 1.29 is 31.3 Å². The summed E-state index contributed by atoms with van der Waals surface area (Å²) in [5, 5.41) is 16.3. The molecule has 4 heterocycles. The molecule has 0 unspecified atom stereocenters. The third-order valence-corrected chi connectivity index (χ3v) is 8.45. The molecular weight excluding hydrogens is 498 g/mol. The Hall–Kier alpha value is -3.19. The Kier molecular flexibility index (Phi) is 7.32. The van der Waals surface area contributed by atoms with E-state index in [-0.39, 0.29) is 24.3 Å². The van der Waals surface area contributed by atoms with Crippen molar-refractivity contribution in [1.29, 1.82) is 0 Å². The average molecular weight is 532 g/mol. The number of hydrogen-bond acceptors (Lipinski definition) is 5. The highest BCUT2D eigenvalue weighted by Crippen LogP contribution is 2.39. The summed E-state index contributed by atoms with van der Waals surface area (Å²) in [4.78, 5) is 4.79. The number of nitrogens with zero attached hydrogens (tertiary/aromatic N) is 3. The van der Waals surface area contributed by atoms with Crippen LogP contribution in [0.25, 0.3) is 0 Å². The van der Waals surface area contributed by atoms with Crippen molar-refractivity contribution in [3.63, 3.8) is 0 Å². The molecule has 38 heavy (non-hydrogen) atoms. The zero-order chi connectivity index (χ0) is 25.5. The van der Waals surface area contributed by atoms with Gasteiger partial charge in [0.2, 0.25) is 5.82 Å². The van der Waals surface area contributed by atoms with Crippen molar-refractivity contribution in [3.05, 3.63) is 113 Å². The number of rotatable bonds is 7. The van der Waals surface area contributed by atoms with Crippen LogP contribution >= 0.6 is 0 Å². The highest BCUT2D eigenvalue weighted by molar-refractivity contribution is 5.42. The minimum absolute atomic E-state index is 0. The summed E-state index contributed by atoms with van der Waals surface area (Å²) in [5.74, 6) is 2.37. The molecule has 3 fully saturated rings. The number of aliphatic hydroxyl groups is 1. The Labute approximate surface area is 230 Å². The molecule has 0 amide bonds. The van der Waals surface area contributed by atoms with Gasteiger partial charge in [-0.15, -0.1) is 0 Å². The van der Waals surface area contributed by atoms with E-state index in [1.54, 1.807) is 0 Å². The first-order valence-corrected chi connectivity index (χ1v) is 13.2. The molecule has 0 spiro atoms. The average Bonchev–Trinajstić information content (AvgIpc) is 3.40. The minimum atomic E-state index is -1.49. The van der Waals surface area contributed by atoms with Gasteiger partial charge in [0.25, 0.3) is 5.89 Å². The maximum atomic E-state index is 12.0. The highest BCUT2D eigenvalue weighted by atomic mass is 35.5. The maximum Gasteiger partial charge on any atom is 0.282 e. The molecule has 198 valence electrons. The lowest BCUT2D eigenvalue weighted by Crippen LogP contribution is -3.00. The molecular formula is C31H34ClN3O3. The molecule has 1 aromatic heterocycles. The van der Waals surface area contributed by atoms with Gasteiger partial charge in [-0.1, -0.05) is 71.9 Å². The van der Waals surface area contributed by atoms with Crippen LogP contribution in [0.5, 0.6) is 5.75 Å². The van der Waals surface area contributed by atoms with Crippen LogP contribution < -0.4 is 17.1 Å². The summed E-state index contributed by atoms with van der Waals surface area (Å²) in [5.41, 5.74) is 2.46. The predicted octanol–water partition coefficient (Wildman–Crippen LogP) is 2.16. The lowest BCUT2D eigenvalue weighted by Gasteiger charge is -2.51. The van der Waals surface area contributed by atoms with Gasteiger partial charge in [0.05, 0.1) is 13.1 Å². The van der Waals surface area contributed by atoms with E-state index in [0.29, 0.717) is 29.5 Å². The Morgan fingerprint density at radius 1 is 0.921 bits per heavy atom. The molecule has 0 saturated carbocycles. The van der Waals surface area contributed by atoms with Crippen LogP contribution in [0, 0.1) is 19.8 Å². The van der Waals surface area contributed by atoms with Gasteiger partial charge in [-0.3, -0.25) is 0 Å². The Morgan fingerprint density at radius 2 is 1.55 bits per heavy atom. The SMILES string of the molecule is Cc1ccc(O[C@H]2C[N+]3(Cc4nc(C(O)(c5ccccc5)c5ccccc5)no4)CCC2CC3)cc1C.[Cl-]. The van der Waals surface area contributed by atoms with E-state index in [0.717, 1.165) is 42.7 Å². The molecule has 7 heteroatoms. The molecule has 4 aromatic rings. The smallest absolute Gasteiger partial charge is 0.282 e. The van der Waals surface area contributed by atoms with Crippen LogP contribution in [0.2, 0.25) is 0 Å². The van der Waals surface area contributed by atoms with E-state index in [1.807, 2.05) is 60.7 Å². The highest BCUT2D eigenvalue weighted by Gasteiger charge is 2.48. The fourth-order valence-electron chi connectivity index (χ4n) is 6.08. The number of ether oxygens (including phenoxy) is 1. The standard InChI is InChI=1S/C31H34N3O3.ClH/c1-22-13-14-27(19-23(22)2)36-28-20-34(17-15-24(28)16-18-34)21-29-32-30(33-37-29)31(35,25-9-5-3-6-10-25)26-11-7-4-8-12-26;/h3-14,19,24,28,35H,15-18,20-21H2,1-2H3;1H/q+1;/p-1/t24?,28-,34?;/m0./s1. The van der Waals surface area contributed by atoms with Crippen LogP contribution in [0.4, 0.5) is 0 Å². The van der Waals surface area contributed by atoms with Gasteiger partial charge < -0.3 is 31.3 Å². The maximum absolute atomic E-state index is 12.0. The third kappa shape index (κ3) is 4.84. The second kappa shape index (κ2) is 10.5. The topological polar surface area (TPSA) is 68.4 Å². The first-order chi connectivity index (χ1) is 18.0. The predicted molar refractivity (Wildman–Crippen MR) is 141 cm³/mol. The summed E-state index contributed by atoms with van der Waals surface area (Å²) in [6.07, 6.45) is 2.45. The Morgan fingerprint density at radius 3 is 2.16 bits per heavy atom. The molecule has 1 N–H and O–H groups in total. The van der Waals surface area contributed by atoms with Crippen molar-refractivity contribution in [3.8, 4) is 5.75 Å². The summed E-state index contributed by atoms with van der Waals surface area (Å²) in [6.45, 7) is 7.99. The zero-order valence-electron chi connectivity index (χ0n) is 21.9. The van der Waals surface area contributed by atoms with Gasteiger partial charge in [-0.2, -0.15) is 4.98 Å². The van der Waals surface area contributed by atoms with E-state index in [1.165, 1.54) is 11.1 Å². The number of hydrogen-bond donors (Lipinski definition) is 1. The Balaban J connectivity index is 0.00000294. The molecule has 0 radical (unpaired) electrons. The number of halogens is 1. The largest absolute Gasteiger partial charge is 1.00 e. The molecule has 3 aliphatic heterocycles. The Bertz CT molecular complexity index is 1330. The lowest BCUT2D eigenvalue weighted by atomic mass is 9.83. The number of aromatic nitrogens is 2. The quantitative estimate of drug-likeness (QED) is 0.370. The molecule has 3 aromatic carbocycles. The van der Waals surface area contributed by atoms with Crippen LogP contribution in [-0.2, 0) is 12.1 Å².